The highest BCUT2D eigenvalue weighted by Crippen LogP contribution is 2.33. The number of alkyl carbamates (subject to hydrolysis) is 1. The smallest absolute Gasteiger partial charge is 0.408 e. The molecule has 0 saturated heterocycles. The molecule has 1 amide bonds. The lowest BCUT2D eigenvalue weighted by molar-refractivity contribution is -0.385. The summed E-state index contributed by atoms with van der Waals surface area (Å²) in [5, 5.41) is 14.1. The zero-order chi connectivity index (χ0) is 22.2. The second-order valence-electron chi connectivity index (χ2n) is 7.53. The van der Waals surface area contributed by atoms with E-state index in [9.17, 15) is 19.7 Å². The van der Waals surface area contributed by atoms with Gasteiger partial charge in [0.15, 0.2) is 5.75 Å². The summed E-state index contributed by atoms with van der Waals surface area (Å²) in [6, 6.07) is 3.83. The Morgan fingerprint density at radius 3 is 2.45 bits per heavy atom. The van der Waals surface area contributed by atoms with E-state index in [1.165, 1.54) is 12.1 Å². The zero-order valence-corrected chi connectivity index (χ0v) is 18.5. The fraction of sp³-hybridized carbons (Fsp3) is 0.579. The summed E-state index contributed by atoms with van der Waals surface area (Å²) in [6.45, 7) is 8.95. The van der Waals surface area contributed by atoms with Crippen molar-refractivity contribution in [2.75, 3.05) is 6.61 Å². The van der Waals surface area contributed by atoms with E-state index < -0.39 is 22.7 Å². The van der Waals surface area contributed by atoms with Crippen LogP contribution in [0.2, 0.25) is 0 Å². The standard InChI is InChI=1S/C19H29N2O7P/c1-6-26-17(22)12(2)7-9-14(20-18(23)27-19(3,4)5)13-8-10-16(28-29)15(11-13)21(24)25/h8,10-12,14H,6-7,9,29H2,1-5H3,(H,20,23). The van der Waals surface area contributed by atoms with Crippen LogP contribution in [0.5, 0.6) is 5.75 Å². The van der Waals surface area contributed by atoms with Crippen LogP contribution < -0.4 is 9.84 Å². The quantitative estimate of drug-likeness (QED) is 0.270. The fourth-order valence-electron chi connectivity index (χ4n) is 2.58. The van der Waals surface area contributed by atoms with Gasteiger partial charge in [-0.2, -0.15) is 0 Å². The van der Waals surface area contributed by atoms with E-state index in [-0.39, 0.29) is 29.9 Å². The van der Waals surface area contributed by atoms with Gasteiger partial charge in [0.25, 0.3) is 0 Å². The van der Waals surface area contributed by atoms with Gasteiger partial charge in [-0.1, -0.05) is 13.0 Å². The summed E-state index contributed by atoms with van der Waals surface area (Å²) in [6.07, 6.45) is 0.118. The lowest BCUT2D eigenvalue weighted by atomic mass is 9.96. The minimum Gasteiger partial charge on any atom is -0.473 e. The number of carbonyl (C=O) groups is 2. The van der Waals surface area contributed by atoms with Crippen molar-refractivity contribution < 1.29 is 28.5 Å². The van der Waals surface area contributed by atoms with E-state index in [2.05, 4.69) is 5.32 Å². The van der Waals surface area contributed by atoms with Gasteiger partial charge < -0.3 is 19.3 Å². The predicted molar refractivity (Wildman–Crippen MR) is 111 cm³/mol. The normalized spacial score (nSPS) is 13.2. The molecular formula is C19H29N2O7P. The molecule has 0 spiro atoms. The summed E-state index contributed by atoms with van der Waals surface area (Å²) in [4.78, 5) is 34.9. The Bertz CT molecular complexity index is 734. The minimum atomic E-state index is -0.698. The molecule has 1 rings (SSSR count). The molecule has 0 aliphatic carbocycles. The summed E-state index contributed by atoms with van der Waals surface area (Å²) < 4.78 is 15.3. The van der Waals surface area contributed by atoms with Gasteiger partial charge in [0, 0.05) is 6.07 Å². The number of rotatable bonds is 9. The largest absolute Gasteiger partial charge is 0.473 e. The number of nitrogens with zero attached hydrogens (tertiary/aromatic N) is 1. The summed E-state index contributed by atoms with van der Waals surface area (Å²) in [5.41, 5.74) is -0.424. The molecular weight excluding hydrogens is 399 g/mol. The van der Waals surface area contributed by atoms with Crippen molar-refractivity contribution in [3.8, 4) is 5.75 Å². The van der Waals surface area contributed by atoms with Crippen molar-refractivity contribution in [1.29, 1.82) is 0 Å². The fourth-order valence-corrected chi connectivity index (χ4v) is 2.78. The van der Waals surface area contributed by atoms with Crippen LogP contribution in [0.1, 0.15) is 59.1 Å². The molecule has 0 saturated carbocycles. The first kappa shape index (κ1) is 24.6. The Balaban J connectivity index is 3.09. The highest BCUT2D eigenvalue weighted by Gasteiger charge is 2.25. The summed E-state index contributed by atoms with van der Waals surface area (Å²) in [5.74, 6) is -0.636. The van der Waals surface area contributed by atoms with Gasteiger partial charge in [-0.15, -0.1) is 0 Å². The first-order valence-corrected chi connectivity index (χ1v) is 9.76. The van der Waals surface area contributed by atoms with Gasteiger partial charge in [0.1, 0.15) is 5.60 Å². The monoisotopic (exact) mass is 428 g/mol. The Morgan fingerprint density at radius 2 is 1.93 bits per heavy atom. The van der Waals surface area contributed by atoms with Gasteiger partial charge in [-0.05, 0) is 52.2 Å². The molecule has 9 nitrogen and oxygen atoms in total. The first-order valence-electron chi connectivity index (χ1n) is 9.29. The van der Waals surface area contributed by atoms with Gasteiger partial charge in [-0.25, -0.2) is 4.79 Å². The molecule has 0 aromatic heterocycles. The summed E-state index contributed by atoms with van der Waals surface area (Å²) >= 11 is 0. The van der Waals surface area contributed by atoms with E-state index in [1.54, 1.807) is 40.7 Å². The van der Waals surface area contributed by atoms with Crippen LogP contribution in [-0.2, 0) is 14.3 Å². The van der Waals surface area contributed by atoms with Crippen LogP contribution in [0.25, 0.3) is 0 Å². The zero-order valence-electron chi connectivity index (χ0n) is 17.4. The first-order chi connectivity index (χ1) is 13.5. The number of esters is 1. The van der Waals surface area contributed by atoms with E-state index in [0.717, 1.165) is 0 Å². The van der Waals surface area contributed by atoms with Crippen molar-refractivity contribution in [2.45, 2.75) is 59.1 Å². The average molecular weight is 428 g/mol. The number of hydrogen-bond donors (Lipinski definition) is 1. The van der Waals surface area contributed by atoms with E-state index in [0.29, 0.717) is 18.4 Å². The lowest BCUT2D eigenvalue weighted by Crippen LogP contribution is -2.35. The Hall–Kier alpha value is -2.41. The number of ether oxygens (including phenoxy) is 2. The number of nitro groups is 1. The Morgan fingerprint density at radius 1 is 1.28 bits per heavy atom. The molecule has 1 aromatic rings. The average Bonchev–Trinajstić information content (AvgIpc) is 2.62. The maximum atomic E-state index is 12.3. The van der Waals surface area contributed by atoms with Gasteiger partial charge >= 0.3 is 17.7 Å². The molecule has 0 bridgehead atoms. The second-order valence-corrected chi connectivity index (χ2v) is 7.77. The highest BCUT2D eigenvalue weighted by atomic mass is 31.0. The highest BCUT2D eigenvalue weighted by molar-refractivity contribution is 7.10. The van der Waals surface area contributed by atoms with Crippen molar-refractivity contribution in [3.63, 3.8) is 0 Å². The number of hydrogen-bond acceptors (Lipinski definition) is 7. The van der Waals surface area contributed by atoms with Gasteiger partial charge in [-0.3, -0.25) is 14.9 Å². The Kier molecular flexibility index (Phi) is 9.30. The van der Waals surface area contributed by atoms with Crippen molar-refractivity contribution >= 4 is 27.2 Å². The third-order valence-corrected chi connectivity index (χ3v) is 4.23. The van der Waals surface area contributed by atoms with Crippen LogP contribution in [0.4, 0.5) is 10.5 Å². The van der Waals surface area contributed by atoms with Crippen LogP contribution in [0.15, 0.2) is 18.2 Å². The van der Waals surface area contributed by atoms with E-state index >= 15 is 0 Å². The third kappa shape index (κ3) is 8.23. The predicted octanol–water partition coefficient (Wildman–Crippen LogP) is 4.31. The molecule has 29 heavy (non-hydrogen) atoms. The van der Waals surface area contributed by atoms with Crippen molar-refractivity contribution in [3.05, 3.63) is 33.9 Å². The van der Waals surface area contributed by atoms with E-state index in [4.69, 9.17) is 14.0 Å². The lowest BCUT2D eigenvalue weighted by Gasteiger charge is -2.24. The molecule has 10 heteroatoms. The van der Waals surface area contributed by atoms with Crippen LogP contribution >= 0.6 is 9.47 Å². The topological polar surface area (TPSA) is 117 Å². The minimum absolute atomic E-state index is 0.0830. The molecule has 1 aromatic carbocycles. The SMILES string of the molecule is CCOC(=O)C(C)CCC(NC(=O)OC(C)(C)C)c1ccc(OP)c([N+](=O)[O-])c1. The Labute approximate surface area is 172 Å². The molecule has 0 radical (unpaired) electrons. The van der Waals surface area contributed by atoms with Crippen molar-refractivity contribution in [2.24, 2.45) is 5.92 Å². The molecule has 1 N–H and O–H groups in total. The van der Waals surface area contributed by atoms with E-state index in [1.807, 2.05) is 9.47 Å². The van der Waals surface area contributed by atoms with Crippen LogP contribution in [-0.4, -0.2) is 29.2 Å². The van der Waals surface area contributed by atoms with Gasteiger partial charge in [0.05, 0.1) is 33.0 Å². The molecule has 0 heterocycles. The van der Waals surface area contributed by atoms with Gasteiger partial charge in [0.2, 0.25) is 0 Å². The molecule has 0 fully saturated rings. The summed E-state index contributed by atoms with van der Waals surface area (Å²) in [7, 11) is 1.97. The molecule has 162 valence electrons. The molecule has 0 aliphatic rings. The number of amides is 1. The molecule has 3 unspecified atom stereocenters. The number of nitro benzene ring substituents is 1. The maximum Gasteiger partial charge on any atom is 0.408 e. The van der Waals surface area contributed by atoms with Crippen molar-refractivity contribution in [1.82, 2.24) is 5.32 Å². The second kappa shape index (κ2) is 11.0. The third-order valence-electron chi connectivity index (χ3n) is 3.98. The number of benzene rings is 1. The maximum absolute atomic E-state index is 12.3. The number of carbonyl (C=O) groups excluding carboxylic acids is 2. The van der Waals surface area contributed by atoms with Crippen LogP contribution in [0, 0.1) is 16.0 Å². The molecule has 0 aliphatic heterocycles. The number of nitrogens with one attached hydrogen (secondary N) is 1. The van der Waals surface area contributed by atoms with Crippen LogP contribution in [0.3, 0.4) is 0 Å². The molecule has 3 atom stereocenters.